The van der Waals surface area contributed by atoms with Crippen molar-refractivity contribution in [1.29, 1.82) is 0 Å². The second-order valence-electron chi connectivity index (χ2n) is 7.24. The summed E-state index contributed by atoms with van der Waals surface area (Å²) in [5.74, 6) is 0.205. The zero-order chi connectivity index (χ0) is 24.1. The number of hydrogen-bond donors (Lipinski definition) is 2. The highest BCUT2D eigenvalue weighted by molar-refractivity contribution is 9.10. The highest BCUT2D eigenvalue weighted by Gasteiger charge is 2.14. The molecule has 34 heavy (non-hydrogen) atoms. The molecule has 4 rings (SSSR count). The van der Waals surface area contributed by atoms with Crippen LogP contribution < -0.4 is 14.9 Å². The standard InChI is InChI=1S/C25H20BrN3O4S/c1-33-24-15-8-17-4-2-3-5-22(17)23(24)16-27-28-25(30)18-6-11-20(12-7-18)29-34(31,32)21-13-9-19(26)10-14-21/h2-16,29H,1H3,(H,28,30). The van der Waals surface area contributed by atoms with Gasteiger partial charge in [0.05, 0.1) is 18.2 Å². The molecular formula is C25H20BrN3O4S. The third-order valence-electron chi connectivity index (χ3n) is 5.03. The number of amides is 1. The first-order valence-electron chi connectivity index (χ1n) is 10.1. The number of halogens is 1. The molecule has 0 aliphatic rings. The Balaban J connectivity index is 1.45. The summed E-state index contributed by atoms with van der Waals surface area (Å²) in [4.78, 5) is 12.6. The lowest BCUT2D eigenvalue weighted by Gasteiger charge is -2.09. The van der Waals surface area contributed by atoms with E-state index in [2.05, 4.69) is 31.2 Å². The van der Waals surface area contributed by atoms with Crippen molar-refractivity contribution < 1.29 is 17.9 Å². The quantitative estimate of drug-likeness (QED) is 0.251. The molecule has 2 N–H and O–H groups in total. The topological polar surface area (TPSA) is 96.9 Å². The Hall–Kier alpha value is -3.69. The number of anilines is 1. The van der Waals surface area contributed by atoms with Crippen molar-refractivity contribution in [3.8, 4) is 5.75 Å². The van der Waals surface area contributed by atoms with Gasteiger partial charge in [-0.15, -0.1) is 0 Å². The van der Waals surface area contributed by atoms with Crippen LogP contribution in [0.25, 0.3) is 10.8 Å². The normalized spacial score (nSPS) is 11.5. The van der Waals surface area contributed by atoms with Gasteiger partial charge < -0.3 is 4.74 Å². The Bertz CT molecular complexity index is 1470. The zero-order valence-corrected chi connectivity index (χ0v) is 20.4. The summed E-state index contributed by atoms with van der Waals surface area (Å²) < 4.78 is 33.7. The number of nitrogens with zero attached hydrogens (tertiary/aromatic N) is 1. The Morgan fingerprint density at radius 1 is 0.941 bits per heavy atom. The monoisotopic (exact) mass is 537 g/mol. The highest BCUT2D eigenvalue weighted by atomic mass is 79.9. The van der Waals surface area contributed by atoms with Crippen LogP contribution in [0.4, 0.5) is 5.69 Å². The van der Waals surface area contributed by atoms with Gasteiger partial charge in [-0.05, 0) is 65.4 Å². The molecule has 0 aliphatic heterocycles. The fourth-order valence-corrected chi connectivity index (χ4v) is 4.65. The third kappa shape index (κ3) is 5.27. The molecule has 0 heterocycles. The van der Waals surface area contributed by atoms with Gasteiger partial charge in [0.2, 0.25) is 0 Å². The van der Waals surface area contributed by atoms with Crippen LogP contribution >= 0.6 is 15.9 Å². The molecule has 0 fully saturated rings. The number of sulfonamides is 1. The number of rotatable bonds is 7. The number of methoxy groups -OCH3 is 1. The number of ether oxygens (including phenoxy) is 1. The van der Waals surface area contributed by atoms with Gasteiger partial charge in [0, 0.05) is 21.3 Å². The molecule has 0 saturated heterocycles. The summed E-state index contributed by atoms with van der Waals surface area (Å²) in [5.41, 5.74) is 3.91. The van der Waals surface area contributed by atoms with Crippen molar-refractivity contribution in [2.45, 2.75) is 4.90 Å². The van der Waals surface area contributed by atoms with Gasteiger partial charge in [0.15, 0.2) is 0 Å². The maximum absolute atomic E-state index is 12.5. The second kappa shape index (κ2) is 10.1. The average molecular weight is 538 g/mol. The lowest BCUT2D eigenvalue weighted by atomic mass is 10.0. The van der Waals surface area contributed by atoms with E-state index in [4.69, 9.17) is 4.74 Å². The van der Waals surface area contributed by atoms with Crippen molar-refractivity contribution >= 4 is 54.5 Å². The predicted molar refractivity (Wildman–Crippen MR) is 137 cm³/mol. The maximum Gasteiger partial charge on any atom is 0.271 e. The third-order valence-corrected chi connectivity index (χ3v) is 6.96. The van der Waals surface area contributed by atoms with E-state index in [0.29, 0.717) is 17.0 Å². The van der Waals surface area contributed by atoms with Crippen molar-refractivity contribution in [2.75, 3.05) is 11.8 Å². The number of hydrazone groups is 1. The Kier molecular flexibility index (Phi) is 6.95. The van der Waals surface area contributed by atoms with Crippen LogP contribution in [0.15, 0.2) is 99.4 Å². The minimum atomic E-state index is -3.74. The summed E-state index contributed by atoms with van der Waals surface area (Å²) in [6, 6.07) is 24.0. The van der Waals surface area contributed by atoms with Crippen molar-refractivity contribution in [3.05, 3.63) is 101 Å². The van der Waals surface area contributed by atoms with E-state index in [0.717, 1.165) is 20.8 Å². The average Bonchev–Trinajstić information content (AvgIpc) is 2.84. The van der Waals surface area contributed by atoms with E-state index in [-0.39, 0.29) is 4.90 Å². The molecule has 4 aromatic carbocycles. The first-order chi connectivity index (χ1) is 16.4. The van der Waals surface area contributed by atoms with E-state index < -0.39 is 15.9 Å². The molecule has 0 bridgehead atoms. The minimum Gasteiger partial charge on any atom is -0.496 e. The molecule has 7 nitrogen and oxygen atoms in total. The molecule has 172 valence electrons. The van der Waals surface area contributed by atoms with Crippen LogP contribution in [-0.2, 0) is 10.0 Å². The Morgan fingerprint density at radius 2 is 1.65 bits per heavy atom. The van der Waals surface area contributed by atoms with Crippen molar-refractivity contribution in [2.24, 2.45) is 5.10 Å². The molecule has 0 saturated carbocycles. The molecule has 0 atom stereocenters. The summed E-state index contributed by atoms with van der Waals surface area (Å²) in [7, 11) is -2.16. The van der Waals surface area contributed by atoms with Crippen LogP contribution in [0.1, 0.15) is 15.9 Å². The molecule has 0 aromatic heterocycles. The molecule has 0 aliphatic carbocycles. The first-order valence-corrected chi connectivity index (χ1v) is 12.4. The maximum atomic E-state index is 12.5. The number of hydrogen-bond acceptors (Lipinski definition) is 5. The number of benzene rings is 4. The van der Waals surface area contributed by atoms with Gasteiger partial charge >= 0.3 is 0 Å². The zero-order valence-electron chi connectivity index (χ0n) is 18.0. The van der Waals surface area contributed by atoms with Gasteiger partial charge in [-0.1, -0.05) is 46.3 Å². The van der Waals surface area contributed by atoms with Crippen molar-refractivity contribution in [3.63, 3.8) is 0 Å². The molecule has 0 unspecified atom stereocenters. The molecule has 1 amide bonds. The number of carbonyl (C=O) groups is 1. The number of fused-ring (bicyclic) bond motifs is 1. The number of nitrogens with one attached hydrogen (secondary N) is 2. The van der Waals surface area contributed by atoms with Gasteiger partial charge in [-0.25, -0.2) is 13.8 Å². The van der Waals surface area contributed by atoms with Gasteiger partial charge in [-0.2, -0.15) is 5.10 Å². The second-order valence-corrected chi connectivity index (χ2v) is 9.84. The van der Waals surface area contributed by atoms with E-state index in [1.54, 1.807) is 25.5 Å². The molecule has 0 spiro atoms. The fourth-order valence-electron chi connectivity index (χ4n) is 3.32. The Morgan fingerprint density at radius 3 is 2.35 bits per heavy atom. The lowest BCUT2D eigenvalue weighted by Crippen LogP contribution is -2.18. The predicted octanol–water partition coefficient (Wildman–Crippen LogP) is 5.18. The highest BCUT2D eigenvalue weighted by Crippen LogP contribution is 2.26. The fraction of sp³-hybridized carbons (Fsp3) is 0.0400. The largest absolute Gasteiger partial charge is 0.496 e. The number of carbonyl (C=O) groups excluding carboxylic acids is 1. The van der Waals surface area contributed by atoms with Crippen LogP contribution in [0.3, 0.4) is 0 Å². The Labute approximate surface area is 205 Å². The lowest BCUT2D eigenvalue weighted by molar-refractivity contribution is 0.0955. The van der Waals surface area contributed by atoms with Crippen LogP contribution in [0.5, 0.6) is 5.75 Å². The molecule has 9 heteroatoms. The van der Waals surface area contributed by atoms with Gasteiger partial charge in [0.25, 0.3) is 15.9 Å². The van der Waals surface area contributed by atoms with Crippen LogP contribution in [-0.4, -0.2) is 27.6 Å². The van der Waals surface area contributed by atoms with E-state index in [1.807, 2.05) is 36.4 Å². The minimum absolute atomic E-state index is 0.135. The molecule has 4 aromatic rings. The summed E-state index contributed by atoms with van der Waals surface area (Å²) in [6.07, 6.45) is 1.54. The SMILES string of the molecule is COc1ccc2ccccc2c1C=NNC(=O)c1ccc(NS(=O)(=O)c2ccc(Br)cc2)cc1. The van der Waals surface area contributed by atoms with E-state index in [9.17, 15) is 13.2 Å². The smallest absolute Gasteiger partial charge is 0.271 e. The summed E-state index contributed by atoms with van der Waals surface area (Å²) in [5, 5.41) is 6.06. The van der Waals surface area contributed by atoms with Gasteiger partial charge in [0.1, 0.15) is 5.75 Å². The molecule has 0 radical (unpaired) electrons. The van der Waals surface area contributed by atoms with E-state index in [1.165, 1.54) is 36.4 Å². The molecular weight excluding hydrogens is 518 g/mol. The summed E-state index contributed by atoms with van der Waals surface area (Å²) >= 11 is 3.28. The van der Waals surface area contributed by atoms with Crippen LogP contribution in [0.2, 0.25) is 0 Å². The summed E-state index contributed by atoms with van der Waals surface area (Å²) in [6.45, 7) is 0. The van der Waals surface area contributed by atoms with Crippen LogP contribution in [0, 0.1) is 0 Å². The first kappa shape index (κ1) is 23.5. The van der Waals surface area contributed by atoms with Crippen molar-refractivity contribution in [1.82, 2.24) is 5.43 Å². The van der Waals surface area contributed by atoms with E-state index >= 15 is 0 Å². The van der Waals surface area contributed by atoms with Gasteiger partial charge in [-0.3, -0.25) is 9.52 Å².